The normalized spacial score (nSPS) is 10.7. The highest BCUT2D eigenvalue weighted by Crippen LogP contribution is 2.33. The summed E-state index contributed by atoms with van der Waals surface area (Å²) in [5, 5.41) is 15.7. The van der Waals surface area contributed by atoms with E-state index in [-0.39, 0.29) is 18.2 Å². The first-order chi connectivity index (χ1) is 13.3. The predicted octanol–water partition coefficient (Wildman–Crippen LogP) is 4.93. The number of non-ortho nitro benzene ring substituents is 1. The van der Waals surface area contributed by atoms with Crippen LogP contribution in [0.3, 0.4) is 0 Å². The van der Waals surface area contributed by atoms with Gasteiger partial charge in [0.25, 0.3) is 11.6 Å². The van der Waals surface area contributed by atoms with Gasteiger partial charge in [0.05, 0.1) is 21.2 Å². The van der Waals surface area contributed by atoms with Crippen molar-refractivity contribution in [1.29, 1.82) is 0 Å². The number of carbonyl (C=O) groups excluding carboxylic acids is 1. The second-order valence-corrected chi connectivity index (χ2v) is 7.42. The fourth-order valence-corrected chi connectivity index (χ4v) is 3.57. The highest BCUT2D eigenvalue weighted by molar-refractivity contribution is 7.99. The van der Waals surface area contributed by atoms with Crippen LogP contribution in [0.25, 0.3) is 0 Å². The molecule has 0 aliphatic carbocycles. The van der Waals surface area contributed by atoms with Gasteiger partial charge in [-0.2, -0.15) is 5.10 Å². The van der Waals surface area contributed by atoms with Crippen LogP contribution in [0.1, 0.15) is 16.2 Å². The topological polar surface area (TPSA) is 87.3 Å². The van der Waals surface area contributed by atoms with E-state index in [2.05, 4.69) is 5.10 Å². The zero-order valence-electron chi connectivity index (χ0n) is 15.1. The SMILES string of the molecule is Cc1nn(C(=O)COc2ccc(Cl)cc2)c(C)c1Sc1ccc([N+](=O)[O-])cc1. The van der Waals surface area contributed by atoms with Crippen LogP contribution in [0, 0.1) is 24.0 Å². The van der Waals surface area contributed by atoms with Gasteiger partial charge in [0.1, 0.15) is 5.75 Å². The van der Waals surface area contributed by atoms with Crippen LogP contribution >= 0.6 is 23.4 Å². The molecule has 0 bridgehead atoms. The van der Waals surface area contributed by atoms with Crippen LogP contribution in [0.4, 0.5) is 5.69 Å². The first-order valence-electron chi connectivity index (χ1n) is 8.25. The molecule has 0 fully saturated rings. The molecule has 1 heterocycles. The molecule has 28 heavy (non-hydrogen) atoms. The third kappa shape index (κ3) is 4.52. The summed E-state index contributed by atoms with van der Waals surface area (Å²) in [6, 6.07) is 13.0. The predicted molar refractivity (Wildman–Crippen MR) is 106 cm³/mol. The molecule has 3 aromatic rings. The molecule has 0 atom stereocenters. The lowest BCUT2D eigenvalue weighted by Gasteiger charge is -2.07. The fourth-order valence-electron chi connectivity index (χ4n) is 2.51. The van der Waals surface area contributed by atoms with Crippen molar-refractivity contribution in [2.24, 2.45) is 0 Å². The molecular formula is C19H16ClN3O4S. The van der Waals surface area contributed by atoms with Crippen molar-refractivity contribution in [3.63, 3.8) is 0 Å². The number of rotatable bonds is 6. The van der Waals surface area contributed by atoms with Gasteiger partial charge < -0.3 is 4.74 Å². The quantitative estimate of drug-likeness (QED) is 0.417. The van der Waals surface area contributed by atoms with E-state index >= 15 is 0 Å². The number of hydrogen-bond donors (Lipinski definition) is 0. The van der Waals surface area contributed by atoms with E-state index in [9.17, 15) is 14.9 Å². The minimum Gasteiger partial charge on any atom is -0.484 e. The molecule has 144 valence electrons. The molecule has 0 spiro atoms. The van der Waals surface area contributed by atoms with Gasteiger partial charge in [-0.3, -0.25) is 14.9 Å². The fraction of sp³-hybridized carbons (Fsp3) is 0.158. The molecule has 3 rings (SSSR count). The molecule has 9 heteroatoms. The zero-order chi connectivity index (χ0) is 20.3. The summed E-state index contributed by atoms with van der Waals surface area (Å²) in [7, 11) is 0. The summed E-state index contributed by atoms with van der Waals surface area (Å²) in [6.07, 6.45) is 0. The lowest BCUT2D eigenvalue weighted by molar-refractivity contribution is -0.384. The number of nitro benzene ring substituents is 1. The summed E-state index contributed by atoms with van der Waals surface area (Å²) in [5.74, 6) is 0.242. The Morgan fingerprint density at radius 2 is 1.82 bits per heavy atom. The van der Waals surface area contributed by atoms with E-state index in [1.54, 1.807) is 43.3 Å². The van der Waals surface area contributed by atoms with Crippen molar-refractivity contribution in [3.05, 3.63) is 75.1 Å². The van der Waals surface area contributed by atoms with Crippen LogP contribution in [-0.2, 0) is 0 Å². The van der Waals surface area contributed by atoms with E-state index < -0.39 is 4.92 Å². The summed E-state index contributed by atoms with van der Waals surface area (Å²) in [6.45, 7) is 3.45. The van der Waals surface area contributed by atoms with Gasteiger partial charge in [-0.15, -0.1) is 0 Å². The lowest BCUT2D eigenvalue weighted by Crippen LogP contribution is -2.21. The second kappa shape index (κ2) is 8.45. The Balaban J connectivity index is 1.72. The number of aromatic nitrogens is 2. The maximum absolute atomic E-state index is 12.5. The largest absolute Gasteiger partial charge is 0.484 e. The van der Waals surface area contributed by atoms with Gasteiger partial charge in [-0.05, 0) is 50.2 Å². The average Bonchev–Trinajstić information content (AvgIpc) is 2.96. The third-order valence-corrected chi connectivity index (χ3v) is 5.46. The Hall–Kier alpha value is -2.84. The second-order valence-electron chi connectivity index (χ2n) is 5.90. The minimum absolute atomic E-state index is 0.0306. The van der Waals surface area contributed by atoms with Crippen molar-refractivity contribution in [2.45, 2.75) is 23.6 Å². The van der Waals surface area contributed by atoms with Crippen molar-refractivity contribution in [2.75, 3.05) is 6.61 Å². The molecular weight excluding hydrogens is 402 g/mol. The molecule has 0 aliphatic rings. The highest BCUT2D eigenvalue weighted by atomic mass is 35.5. The molecule has 0 saturated carbocycles. The number of aryl methyl sites for hydroxylation is 1. The van der Waals surface area contributed by atoms with Crippen molar-refractivity contribution in [3.8, 4) is 5.75 Å². The average molecular weight is 418 g/mol. The number of ether oxygens (including phenoxy) is 1. The Morgan fingerprint density at radius 3 is 2.43 bits per heavy atom. The van der Waals surface area contributed by atoms with E-state index in [4.69, 9.17) is 16.3 Å². The summed E-state index contributed by atoms with van der Waals surface area (Å²) >= 11 is 7.23. The summed E-state index contributed by atoms with van der Waals surface area (Å²) in [4.78, 5) is 24.5. The monoisotopic (exact) mass is 417 g/mol. The number of nitrogens with zero attached hydrogens (tertiary/aromatic N) is 3. The van der Waals surface area contributed by atoms with Gasteiger partial charge in [-0.1, -0.05) is 23.4 Å². The molecule has 7 nitrogen and oxygen atoms in total. The Kier molecular flexibility index (Phi) is 6.01. The van der Waals surface area contributed by atoms with Crippen LogP contribution in [-0.4, -0.2) is 27.2 Å². The third-order valence-electron chi connectivity index (χ3n) is 3.90. The maximum atomic E-state index is 12.5. The van der Waals surface area contributed by atoms with Gasteiger partial charge in [0.2, 0.25) is 0 Å². The number of benzene rings is 2. The maximum Gasteiger partial charge on any atom is 0.285 e. The van der Waals surface area contributed by atoms with Crippen LogP contribution < -0.4 is 4.74 Å². The van der Waals surface area contributed by atoms with E-state index in [0.717, 1.165) is 9.79 Å². The number of carbonyl (C=O) groups is 1. The first-order valence-corrected chi connectivity index (χ1v) is 9.44. The molecule has 0 amide bonds. The van der Waals surface area contributed by atoms with Crippen LogP contribution in [0.5, 0.6) is 5.75 Å². The van der Waals surface area contributed by atoms with E-state index in [1.807, 2.05) is 6.92 Å². The summed E-state index contributed by atoms with van der Waals surface area (Å²) in [5.41, 5.74) is 1.41. The highest BCUT2D eigenvalue weighted by Gasteiger charge is 2.18. The molecule has 0 aliphatic heterocycles. The standard InChI is InChI=1S/C19H16ClN3O4S/c1-12-19(28-17-9-5-15(6-10-17)23(25)26)13(2)22(21-12)18(24)11-27-16-7-3-14(20)4-8-16/h3-10H,11H2,1-2H3. The Morgan fingerprint density at radius 1 is 1.18 bits per heavy atom. The molecule has 0 saturated heterocycles. The van der Waals surface area contributed by atoms with Crippen molar-refractivity contribution >= 4 is 35.0 Å². The number of halogens is 1. The van der Waals surface area contributed by atoms with Gasteiger partial charge >= 0.3 is 0 Å². The van der Waals surface area contributed by atoms with Gasteiger partial charge in [0.15, 0.2) is 6.61 Å². The number of nitro groups is 1. The Bertz CT molecular complexity index is 1020. The van der Waals surface area contributed by atoms with Crippen LogP contribution in [0.15, 0.2) is 58.3 Å². The van der Waals surface area contributed by atoms with Crippen LogP contribution in [0.2, 0.25) is 5.02 Å². The van der Waals surface area contributed by atoms with Crippen molar-refractivity contribution in [1.82, 2.24) is 9.78 Å². The molecule has 0 N–H and O–H groups in total. The van der Waals surface area contributed by atoms with Crippen molar-refractivity contribution < 1.29 is 14.5 Å². The van der Waals surface area contributed by atoms with Gasteiger partial charge in [0, 0.05) is 22.1 Å². The molecule has 1 aromatic heterocycles. The molecule has 0 radical (unpaired) electrons. The van der Waals surface area contributed by atoms with E-state index in [0.29, 0.717) is 22.2 Å². The number of hydrogen-bond acceptors (Lipinski definition) is 6. The first kappa shape index (κ1) is 19.9. The molecule has 2 aromatic carbocycles. The zero-order valence-corrected chi connectivity index (χ0v) is 16.7. The Labute approximate surface area is 170 Å². The smallest absolute Gasteiger partial charge is 0.285 e. The minimum atomic E-state index is -0.442. The van der Waals surface area contributed by atoms with Gasteiger partial charge in [-0.25, -0.2) is 4.68 Å². The molecule has 0 unspecified atom stereocenters. The lowest BCUT2D eigenvalue weighted by atomic mass is 10.3. The summed E-state index contributed by atoms with van der Waals surface area (Å²) < 4.78 is 6.81. The van der Waals surface area contributed by atoms with E-state index in [1.165, 1.54) is 28.6 Å².